The van der Waals surface area contributed by atoms with Crippen LogP contribution in [0.25, 0.3) is 0 Å². The molecule has 1 aromatic heterocycles. The van der Waals surface area contributed by atoms with Gasteiger partial charge in [-0.15, -0.1) is 0 Å². The van der Waals surface area contributed by atoms with Crippen LogP contribution >= 0.6 is 0 Å². The fourth-order valence-corrected chi connectivity index (χ4v) is 5.60. The summed E-state index contributed by atoms with van der Waals surface area (Å²) >= 11 is 0. The van der Waals surface area contributed by atoms with Crippen molar-refractivity contribution in [1.29, 1.82) is 0 Å². The first kappa shape index (κ1) is 22.8. The number of piperidine rings is 1. The fraction of sp³-hybridized carbons (Fsp3) is 0.565. The first-order valence-corrected chi connectivity index (χ1v) is 13.2. The first-order chi connectivity index (χ1) is 15.4. The van der Waals surface area contributed by atoms with Gasteiger partial charge in [0.15, 0.2) is 9.84 Å². The Labute approximate surface area is 189 Å². The number of likely N-dealkylation sites (tertiary alicyclic amines) is 1. The Morgan fingerprint density at radius 2 is 2.09 bits per heavy atom. The summed E-state index contributed by atoms with van der Waals surface area (Å²) in [7, 11) is -3.20. The predicted molar refractivity (Wildman–Crippen MR) is 125 cm³/mol. The number of sulfone groups is 1. The standard InChI is InChI=1S/C23H32N4O4S/c1-17-6-10-27(11-7-17)15-18-4-2-5-19(14-18)31-12-3-9-24-23-25-21-8-13-32(29,30)16-20(21)22(28)26-23/h2,4-5,14,17H,3,6-13,15-16H2,1H3,(H2,24,25,26,28). The van der Waals surface area contributed by atoms with Crippen LogP contribution in [-0.2, 0) is 28.6 Å². The van der Waals surface area contributed by atoms with Crippen LogP contribution in [-0.4, -0.2) is 55.3 Å². The monoisotopic (exact) mass is 460 g/mol. The summed E-state index contributed by atoms with van der Waals surface area (Å²) in [5, 5.41) is 3.11. The average molecular weight is 461 g/mol. The zero-order valence-electron chi connectivity index (χ0n) is 18.6. The summed E-state index contributed by atoms with van der Waals surface area (Å²) in [6.45, 7) is 6.74. The molecule has 2 N–H and O–H groups in total. The molecule has 0 saturated carbocycles. The van der Waals surface area contributed by atoms with Gasteiger partial charge in [-0.2, -0.15) is 0 Å². The van der Waals surface area contributed by atoms with Crippen molar-refractivity contribution in [3.63, 3.8) is 0 Å². The Balaban J connectivity index is 1.22. The zero-order chi connectivity index (χ0) is 22.6. The number of anilines is 1. The smallest absolute Gasteiger partial charge is 0.256 e. The van der Waals surface area contributed by atoms with Gasteiger partial charge in [-0.05, 0) is 56.0 Å². The maximum absolute atomic E-state index is 12.2. The van der Waals surface area contributed by atoms with E-state index in [1.807, 2.05) is 12.1 Å². The summed E-state index contributed by atoms with van der Waals surface area (Å²) in [6, 6.07) is 8.28. The van der Waals surface area contributed by atoms with Gasteiger partial charge in [0.05, 0.1) is 29.4 Å². The Hall–Kier alpha value is -2.39. The molecule has 0 atom stereocenters. The second-order valence-corrected chi connectivity index (χ2v) is 11.1. The summed E-state index contributed by atoms with van der Waals surface area (Å²) in [6.07, 6.45) is 3.56. The molecule has 0 aliphatic carbocycles. The van der Waals surface area contributed by atoms with Gasteiger partial charge in [-0.3, -0.25) is 14.7 Å². The molecule has 2 aliphatic rings. The molecule has 0 bridgehead atoms. The zero-order valence-corrected chi connectivity index (χ0v) is 19.4. The van der Waals surface area contributed by atoms with Gasteiger partial charge in [0.25, 0.3) is 5.56 Å². The van der Waals surface area contributed by atoms with Crippen molar-refractivity contribution in [2.24, 2.45) is 5.92 Å². The van der Waals surface area contributed by atoms with Gasteiger partial charge in [0.2, 0.25) is 5.95 Å². The second kappa shape index (κ2) is 10.0. The highest BCUT2D eigenvalue weighted by atomic mass is 32.2. The lowest BCUT2D eigenvalue weighted by Gasteiger charge is -2.30. The Bertz CT molecular complexity index is 1090. The normalized spacial score (nSPS) is 18.8. The van der Waals surface area contributed by atoms with E-state index in [1.165, 1.54) is 18.4 Å². The highest BCUT2D eigenvalue weighted by molar-refractivity contribution is 7.90. The highest BCUT2D eigenvalue weighted by Gasteiger charge is 2.25. The number of nitrogens with one attached hydrogen (secondary N) is 2. The highest BCUT2D eigenvalue weighted by Crippen LogP contribution is 2.20. The van der Waals surface area contributed by atoms with Gasteiger partial charge >= 0.3 is 0 Å². The van der Waals surface area contributed by atoms with Crippen molar-refractivity contribution in [2.45, 2.75) is 44.9 Å². The molecule has 9 heteroatoms. The molecule has 8 nitrogen and oxygen atoms in total. The minimum Gasteiger partial charge on any atom is -0.494 e. The molecule has 0 spiro atoms. The van der Waals surface area contributed by atoms with Crippen LogP contribution in [0.5, 0.6) is 5.75 Å². The third-order valence-corrected chi connectivity index (χ3v) is 7.73. The van der Waals surface area contributed by atoms with Crippen LogP contribution in [0, 0.1) is 5.92 Å². The number of rotatable bonds is 8. The number of H-pyrrole nitrogens is 1. The number of hydrogen-bond acceptors (Lipinski definition) is 7. The maximum atomic E-state index is 12.2. The molecule has 1 fully saturated rings. The molecule has 0 amide bonds. The topological polar surface area (TPSA) is 104 Å². The molecule has 2 aromatic rings. The third-order valence-electron chi connectivity index (χ3n) is 6.18. The number of nitrogens with zero attached hydrogens (tertiary/aromatic N) is 2. The number of aryl methyl sites for hydroxylation is 1. The van der Waals surface area contributed by atoms with Crippen molar-refractivity contribution in [3.8, 4) is 5.75 Å². The predicted octanol–water partition coefficient (Wildman–Crippen LogP) is 2.35. The summed E-state index contributed by atoms with van der Waals surface area (Å²) in [4.78, 5) is 21.7. The third kappa shape index (κ3) is 6.10. The van der Waals surface area contributed by atoms with E-state index in [2.05, 4.69) is 39.2 Å². The van der Waals surface area contributed by atoms with E-state index in [1.54, 1.807) is 0 Å². The van der Waals surface area contributed by atoms with Crippen LogP contribution in [0.1, 0.15) is 43.0 Å². The lowest BCUT2D eigenvalue weighted by Crippen LogP contribution is -2.32. The van der Waals surface area contributed by atoms with Crippen LogP contribution in [0.15, 0.2) is 29.1 Å². The van der Waals surface area contributed by atoms with Crippen LogP contribution in [0.3, 0.4) is 0 Å². The summed E-state index contributed by atoms with van der Waals surface area (Å²) < 4.78 is 29.4. The lowest BCUT2D eigenvalue weighted by atomic mass is 9.99. The Morgan fingerprint density at radius 1 is 1.28 bits per heavy atom. The van der Waals surface area contributed by atoms with Crippen molar-refractivity contribution < 1.29 is 13.2 Å². The van der Waals surface area contributed by atoms with E-state index < -0.39 is 9.84 Å². The Morgan fingerprint density at radius 3 is 2.91 bits per heavy atom. The largest absolute Gasteiger partial charge is 0.494 e. The van der Waals surface area contributed by atoms with Gasteiger partial charge in [0, 0.05) is 19.5 Å². The molecular formula is C23H32N4O4S. The summed E-state index contributed by atoms with van der Waals surface area (Å²) in [5.74, 6) is 1.90. The number of hydrogen-bond donors (Lipinski definition) is 2. The van der Waals surface area contributed by atoms with E-state index in [4.69, 9.17) is 4.74 Å². The van der Waals surface area contributed by atoms with Crippen LogP contribution < -0.4 is 15.6 Å². The number of aromatic amines is 1. The first-order valence-electron chi connectivity index (χ1n) is 11.4. The molecule has 1 aromatic carbocycles. The fourth-order valence-electron chi connectivity index (χ4n) is 4.21. The molecule has 32 heavy (non-hydrogen) atoms. The molecule has 1 saturated heterocycles. The number of fused-ring (bicyclic) bond motifs is 1. The van der Waals surface area contributed by atoms with Crippen molar-refractivity contribution >= 4 is 15.8 Å². The maximum Gasteiger partial charge on any atom is 0.256 e. The van der Waals surface area contributed by atoms with E-state index in [0.29, 0.717) is 24.8 Å². The van der Waals surface area contributed by atoms with Gasteiger partial charge in [-0.25, -0.2) is 13.4 Å². The average Bonchev–Trinajstić information content (AvgIpc) is 2.76. The minimum absolute atomic E-state index is 0.0413. The van der Waals surface area contributed by atoms with Crippen molar-refractivity contribution in [3.05, 3.63) is 51.4 Å². The lowest BCUT2D eigenvalue weighted by molar-refractivity contribution is 0.185. The van der Waals surface area contributed by atoms with Crippen molar-refractivity contribution in [1.82, 2.24) is 14.9 Å². The van der Waals surface area contributed by atoms with E-state index in [0.717, 1.165) is 37.7 Å². The molecule has 3 heterocycles. The van der Waals surface area contributed by atoms with Gasteiger partial charge < -0.3 is 10.1 Å². The molecule has 2 aliphatic heterocycles. The summed E-state index contributed by atoms with van der Waals surface area (Å²) in [5.41, 5.74) is 1.73. The van der Waals surface area contributed by atoms with Gasteiger partial charge in [0.1, 0.15) is 5.75 Å². The SMILES string of the molecule is CC1CCN(Cc2cccc(OCCCNc3nc4c(c(=O)[nH]3)CS(=O)(=O)CC4)c2)CC1. The van der Waals surface area contributed by atoms with Crippen LogP contribution in [0.2, 0.25) is 0 Å². The van der Waals surface area contributed by atoms with E-state index >= 15 is 0 Å². The van der Waals surface area contributed by atoms with E-state index in [-0.39, 0.29) is 29.0 Å². The Kier molecular flexibility index (Phi) is 7.15. The second-order valence-electron chi connectivity index (χ2n) is 8.92. The molecule has 0 radical (unpaired) electrons. The number of ether oxygens (including phenoxy) is 1. The quantitative estimate of drug-likeness (QED) is 0.583. The molecule has 174 valence electrons. The van der Waals surface area contributed by atoms with Crippen molar-refractivity contribution in [2.75, 3.05) is 37.3 Å². The molecular weight excluding hydrogens is 428 g/mol. The van der Waals surface area contributed by atoms with Crippen LogP contribution in [0.4, 0.5) is 5.95 Å². The van der Waals surface area contributed by atoms with Gasteiger partial charge in [-0.1, -0.05) is 19.1 Å². The molecule has 4 rings (SSSR count). The minimum atomic E-state index is -3.20. The number of aromatic nitrogens is 2. The number of benzene rings is 1. The molecule has 0 unspecified atom stereocenters. The van der Waals surface area contributed by atoms with E-state index in [9.17, 15) is 13.2 Å².